The lowest BCUT2D eigenvalue weighted by Crippen LogP contribution is -2.46. The largest absolute Gasteiger partial charge is 0.481 e. The number of aryl methyl sites for hydroxylation is 1. The molecule has 6 heteroatoms. The minimum Gasteiger partial charge on any atom is -0.481 e. The van der Waals surface area contributed by atoms with Crippen LogP contribution in [0.15, 0.2) is 18.2 Å². The zero-order valence-corrected chi connectivity index (χ0v) is 11.3. The van der Waals surface area contributed by atoms with E-state index in [4.69, 9.17) is 15.6 Å². The van der Waals surface area contributed by atoms with Gasteiger partial charge in [-0.05, 0) is 24.6 Å². The van der Waals surface area contributed by atoms with Gasteiger partial charge in [0.25, 0.3) is 5.91 Å². The summed E-state index contributed by atoms with van der Waals surface area (Å²) in [5, 5.41) is 8.77. The number of anilines is 1. The van der Waals surface area contributed by atoms with E-state index in [1.165, 1.54) is 0 Å². The van der Waals surface area contributed by atoms with E-state index in [-0.39, 0.29) is 12.3 Å². The number of carboxylic acids is 1. The van der Waals surface area contributed by atoms with Crippen LogP contribution in [-0.4, -0.2) is 47.7 Å². The van der Waals surface area contributed by atoms with Crippen molar-refractivity contribution in [3.63, 3.8) is 0 Å². The number of nitrogens with zero attached hydrogens (tertiary/aromatic N) is 1. The summed E-state index contributed by atoms with van der Waals surface area (Å²) in [4.78, 5) is 24.7. The van der Waals surface area contributed by atoms with Crippen LogP contribution in [0.5, 0.6) is 0 Å². The maximum atomic E-state index is 12.4. The van der Waals surface area contributed by atoms with Gasteiger partial charge in [-0.25, -0.2) is 0 Å². The molecule has 1 saturated heterocycles. The molecule has 1 heterocycles. The Kier molecular flexibility index (Phi) is 4.24. The van der Waals surface area contributed by atoms with Crippen LogP contribution in [0.25, 0.3) is 0 Å². The zero-order chi connectivity index (χ0) is 14.7. The number of ether oxygens (including phenoxy) is 1. The summed E-state index contributed by atoms with van der Waals surface area (Å²) in [7, 11) is 0. The van der Waals surface area contributed by atoms with Crippen LogP contribution in [0.2, 0.25) is 0 Å². The van der Waals surface area contributed by atoms with Crippen molar-refractivity contribution < 1.29 is 19.4 Å². The van der Waals surface area contributed by atoms with Crippen LogP contribution in [0.1, 0.15) is 22.3 Å². The van der Waals surface area contributed by atoms with Crippen molar-refractivity contribution in [1.29, 1.82) is 0 Å². The van der Waals surface area contributed by atoms with Crippen LogP contribution in [0, 0.1) is 6.92 Å². The molecule has 1 aliphatic rings. The number of hydrogen-bond donors (Lipinski definition) is 2. The summed E-state index contributed by atoms with van der Waals surface area (Å²) in [5.41, 5.74) is 7.82. The minimum atomic E-state index is -0.927. The number of hydrogen-bond acceptors (Lipinski definition) is 4. The SMILES string of the molecule is Cc1ccc(C(=O)N2CCOC(CC(=O)O)C2)cc1N. The van der Waals surface area contributed by atoms with Crippen LogP contribution < -0.4 is 5.73 Å². The lowest BCUT2D eigenvalue weighted by Gasteiger charge is -2.32. The first kappa shape index (κ1) is 14.3. The molecule has 2 rings (SSSR count). The summed E-state index contributed by atoms with van der Waals surface area (Å²) in [6.45, 7) is 2.98. The van der Waals surface area contributed by atoms with Gasteiger partial charge in [-0.2, -0.15) is 0 Å². The Labute approximate surface area is 117 Å². The quantitative estimate of drug-likeness (QED) is 0.801. The molecular weight excluding hydrogens is 260 g/mol. The average Bonchev–Trinajstić information content (AvgIpc) is 2.40. The number of morpholine rings is 1. The minimum absolute atomic E-state index is 0.0974. The molecular formula is C14H18N2O4. The molecule has 1 aliphatic heterocycles. The second kappa shape index (κ2) is 5.92. The molecule has 20 heavy (non-hydrogen) atoms. The molecule has 0 radical (unpaired) electrons. The number of benzene rings is 1. The van der Waals surface area contributed by atoms with Crippen molar-refractivity contribution in [2.45, 2.75) is 19.4 Å². The monoisotopic (exact) mass is 278 g/mol. The van der Waals surface area contributed by atoms with Crippen molar-refractivity contribution in [2.24, 2.45) is 0 Å². The first-order valence-corrected chi connectivity index (χ1v) is 6.46. The van der Waals surface area contributed by atoms with Gasteiger partial charge >= 0.3 is 5.97 Å². The number of amides is 1. The Morgan fingerprint density at radius 3 is 2.90 bits per heavy atom. The fraction of sp³-hybridized carbons (Fsp3) is 0.429. The van der Waals surface area contributed by atoms with Gasteiger partial charge in [-0.3, -0.25) is 9.59 Å². The Morgan fingerprint density at radius 1 is 1.50 bits per heavy atom. The van der Waals surface area contributed by atoms with Gasteiger partial charge in [-0.15, -0.1) is 0 Å². The summed E-state index contributed by atoms with van der Waals surface area (Å²) in [5.74, 6) is -1.07. The molecule has 1 fully saturated rings. The van der Waals surface area contributed by atoms with E-state index >= 15 is 0 Å². The van der Waals surface area contributed by atoms with Crippen molar-refractivity contribution >= 4 is 17.6 Å². The van der Waals surface area contributed by atoms with Crippen LogP contribution in [0.3, 0.4) is 0 Å². The Morgan fingerprint density at radius 2 is 2.25 bits per heavy atom. The maximum Gasteiger partial charge on any atom is 0.306 e. The van der Waals surface area contributed by atoms with Crippen LogP contribution >= 0.6 is 0 Å². The van der Waals surface area contributed by atoms with E-state index in [0.717, 1.165) is 5.56 Å². The molecule has 0 aliphatic carbocycles. The molecule has 1 amide bonds. The van der Waals surface area contributed by atoms with E-state index in [9.17, 15) is 9.59 Å². The van der Waals surface area contributed by atoms with Crippen molar-refractivity contribution in [1.82, 2.24) is 4.90 Å². The van der Waals surface area contributed by atoms with Gasteiger partial charge in [0, 0.05) is 24.3 Å². The number of rotatable bonds is 3. The average molecular weight is 278 g/mol. The van der Waals surface area contributed by atoms with Gasteiger partial charge in [0.05, 0.1) is 19.1 Å². The van der Waals surface area contributed by atoms with Crippen LogP contribution in [-0.2, 0) is 9.53 Å². The predicted molar refractivity (Wildman–Crippen MR) is 73.5 cm³/mol. The maximum absolute atomic E-state index is 12.4. The second-order valence-electron chi connectivity index (χ2n) is 4.91. The first-order chi connectivity index (χ1) is 9.47. The number of nitrogens with two attached hydrogens (primary N) is 1. The van der Waals surface area contributed by atoms with Crippen molar-refractivity contribution in [3.8, 4) is 0 Å². The molecule has 0 saturated carbocycles. The summed E-state index contributed by atoms with van der Waals surface area (Å²) in [6, 6.07) is 5.19. The van der Waals surface area contributed by atoms with Gasteiger partial charge in [0.2, 0.25) is 0 Å². The van der Waals surface area contributed by atoms with Crippen molar-refractivity contribution in [2.75, 3.05) is 25.4 Å². The Hall–Kier alpha value is -2.08. The molecule has 1 unspecified atom stereocenters. The molecule has 0 aromatic heterocycles. The number of carbonyl (C=O) groups is 2. The molecule has 108 valence electrons. The smallest absolute Gasteiger partial charge is 0.306 e. The highest BCUT2D eigenvalue weighted by atomic mass is 16.5. The van der Waals surface area contributed by atoms with Crippen LogP contribution in [0.4, 0.5) is 5.69 Å². The van der Waals surface area contributed by atoms with Crippen molar-refractivity contribution in [3.05, 3.63) is 29.3 Å². The van der Waals surface area contributed by atoms with Gasteiger partial charge in [0.1, 0.15) is 0 Å². The third-order valence-corrected chi connectivity index (χ3v) is 3.35. The predicted octanol–water partition coefficient (Wildman–Crippen LogP) is 0.893. The van der Waals surface area contributed by atoms with E-state index in [1.807, 2.05) is 6.92 Å². The van der Waals surface area contributed by atoms with E-state index < -0.39 is 12.1 Å². The number of carboxylic acid groups (broad SMARTS) is 1. The Bertz CT molecular complexity index is 530. The first-order valence-electron chi connectivity index (χ1n) is 6.46. The molecule has 0 bridgehead atoms. The van der Waals surface area contributed by atoms with Gasteiger partial charge in [0.15, 0.2) is 0 Å². The van der Waals surface area contributed by atoms with E-state index in [0.29, 0.717) is 30.9 Å². The number of carbonyl (C=O) groups excluding carboxylic acids is 1. The third-order valence-electron chi connectivity index (χ3n) is 3.35. The third kappa shape index (κ3) is 3.27. The fourth-order valence-corrected chi connectivity index (χ4v) is 2.18. The molecule has 6 nitrogen and oxygen atoms in total. The fourth-order valence-electron chi connectivity index (χ4n) is 2.18. The normalized spacial score (nSPS) is 18.9. The highest BCUT2D eigenvalue weighted by molar-refractivity contribution is 5.95. The summed E-state index contributed by atoms with van der Waals surface area (Å²) >= 11 is 0. The van der Waals surface area contributed by atoms with E-state index in [2.05, 4.69) is 0 Å². The molecule has 1 atom stereocenters. The molecule has 1 aromatic rings. The molecule has 1 aromatic carbocycles. The lowest BCUT2D eigenvalue weighted by molar-refractivity contribution is -0.141. The zero-order valence-electron chi connectivity index (χ0n) is 11.3. The molecule has 0 spiro atoms. The summed E-state index contributed by atoms with van der Waals surface area (Å²) < 4.78 is 5.35. The lowest BCUT2D eigenvalue weighted by atomic mass is 10.1. The standard InChI is InChI=1S/C14H18N2O4/c1-9-2-3-10(6-12(9)15)14(19)16-4-5-20-11(8-16)7-13(17)18/h2-3,6,11H,4-5,7-8,15H2,1H3,(H,17,18). The molecule has 3 N–H and O–H groups in total. The topological polar surface area (TPSA) is 92.9 Å². The van der Waals surface area contributed by atoms with Gasteiger partial charge < -0.3 is 20.5 Å². The van der Waals surface area contributed by atoms with E-state index in [1.54, 1.807) is 23.1 Å². The number of nitrogen functional groups attached to an aromatic ring is 1. The highest BCUT2D eigenvalue weighted by Gasteiger charge is 2.26. The second-order valence-corrected chi connectivity index (χ2v) is 4.91. The summed E-state index contributed by atoms with van der Waals surface area (Å²) in [6.07, 6.45) is -0.548. The van der Waals surface area contributed by atoms with Gasteiger partial charge in [-0.1, -0.05) is 6.07 Å². The Balaban J connectivity index is 2.08. The highest BCUT2D eigenvalue weighted by Crippen LogP contribution is 2.17. The number of aliphatic carboxylic acids is 1.